The number of benzene rings is 2. The number of rotatable bonds is 8. The lowest BCUT2D eigenvalue weighted by Crippen LogP contribution is -2.25. The molecule has 0 saturated heterocycles. The molecule has 0 aliphatic heterocycles. The molecule has 0 atom stereocenters. The first-order valence-corrected chi connectivity index (χ1v) is 8.18. The molecule has 0 unspecified atom stereocenters. The molecule has 0 amide bonds. The van der Waals surface area contributed by atoms with Crippen LogP contribution >= 0.6 is 0 Å². The summed E-state index contributed by atoms with van der Waals surface area (Å²) in [4.78, 5) is 12.6. The number of hydrogen-bond acceptors (Lipinski definition) is 4. The van der Waals surface area contributed by atoms with Crippen LogP contribution in [-0.2, 0) is 19.6 Å². The highest BCUT2D eigenvalue weighted by Crippen LogP contribution is 2.12. The molecule has 0 bridgehead atoms. The minimum absolute atomic E-state index is 0.126. The van der Waals surface area contributed by atoms with Crippen LogP contribution in [0.15, 0.2) is 48.5 Å². The summed E-state index contributed by atoms with van der Waals surface area (Å²) in [5.41, 5.74) is 3.71. The van der Waals surface area contributed by atoms with E-state index in [0.29, 0.717) is 12.6 Å². The summed E-state index contributed by atoms with van der Waals surface area (Å²) in [5.74, 6) is 0. The quantitative estimate of drug-likeness (QED) is 0.593. The highest BCUT2D eigenvalue weighted by molar-refractivity contribution is 5.32. The number of nitrogens with one attached hydrogen (secondary N) is 1. The third-order valence-electron chi connectivity index (χ3n) is 4.11. The summed E-state index contributed by atoms with van der Waals surface area (Å²) >= 11 is 0. The molecule has 0 fully saturated rings. The summed E-state index contributed by atoms with van der Waals surface area (Å²) in [6, 6.07) is 15.8. The zero-order chi connectivity index (χ0) is 17.5. The number of non-ortho nitro benzene ring substituents is 1. The lowest BCUT2D eigenvalue weighted by Gasteiger charge is -2.21. The smallest absolute Gasteiger partial charge is 0.269 e. The normalized spacial score (nSPS) is 11.2. The van der Waals surface area contributed by atoms with Crippen LogP contribution in [0, 0.1) is 10.1 Å². The Morgan fingerprint density at radius 2 is 1.67 bits per heavy atom. The van der Waals surface area contributed by atoms with Crippen LogP contribution in [0.5, 0.6) is 0 Å². The molecule has 2 rings (SSSR count). The van der Waals surface area contributed by atoms with E-state index in [4.69, 9.17) is 0 Å². The Labute approximate surface area is 143 Å². The van der Waals surface area contributed by atoms with Crippen LogP contribution in [0.3, 0.4) is 0 Å². The molecule has 24 heavy (non-hydrogen) atoms. The van der Waals surface area contributed by atoms with Crippen molar-refractivity contribution in [3.05, 3.63) is 75.3 Å². The maximum atomic E-state index is 10.6. The Hall–Kier alpha value is -2.24. The zero-order valence-corrected chi connectivity index (χ0v) is 14.5. The van der Waals surface area contributed by atoms with Gasteiger partial charge in [0.1, 0.15) is 0 Å². The molecule has 0 aliphatic rings. The molecule has 0 aromatic heterocycles. The molecular weight excluding hydrogens is 302 g/mol. The molecule has 5 nitrogen and oxygen atoms in total. The molecule has 5 heteroatoms. The van der Waals surface area contributed by atoms with Crippen molar-refractivity contribution in [3.8, 4) is 0 Å². The second-order valence-electron chi connectivity index (χ2n) is 6.36. The maximum Gasteiger partial charge on any atom is 0.269 e. The van der Waals surface area contributed by atoms with Gasteiger partial charge in [-0.2, -0.15) is 0 Å². The summed E-state index contributed by atoms with van der Waals surface area (Å²) < 4.78 is 0. The van der Waals surface area contributed by atoms with E-state index in [-0.39, 0.29) is 10.6 Å². The van der Waals surface area contributed by atoms with Gasteiger partial charge in [-0.05, 0) is 37.6 Å². The molecule has 2 aromatic rings. The Bertz CT molecular complexity index is 669. The van der Waals surface area contributed by atoms with E-state index < -0.39 is 0 Å². The van der Waals surface area contributed by atoms with Crippen molar-refractivity contribution >= 4 is 5.69 Å². The fraction of sp³-hybridized carbons (Fsp3) is 0.368. The van der Waals surface area contributed by atoms with Gasteiger partial charge in [0.25, 0.3) is 5.69 Å². The average molecular weight is 327 g/mol. The van der Waals surface area contributed by atoms with Gasteiger partial charge < -0.3 is 5.32 Å². The van der Waals surface area contributed by atoms with Gasteiger partial charge in [-0.1, -0.05) is 36.4 Å². The van der Waals surface area contributed by atoms with Gasteiger partial charge in [0.15, 0.2) is 0 Å². The van der Waals surface area contributed by atoms with Crippen molar-refractivity contribution in [1.82, 2.24) is 10.2 Å². The molecule has 0 aliphatic carbocycles. The van der Waals surface area contributed by atoms with E-state index >= 15 is 0 Å². The van der Waals surface area contributed by atoms with Crippen LogP contribution < -0.4 is 5.32 Å². The number of nitro groups is 1. The molecule has 128 valence electrons. The lowest BCUT2D eigenvalue weighted by molar-refractivity contribution is -0.384. The van der Waals surface area contributed by atoms with Gasteiger partial charge in [0, 0.05) is 37.8 Å². The average Bonchev–Trinajstić information content (AvgIpc) is 2.55. The van der Waals surface area contributed by atoms with Crippen molar-refractivity contribution < 1.29 is 4.92 Å². The van der Waals surface area contributed by atoms with Crippen molar-refractivity contribution in [1.29, 1.82) is 0 Å². The van der Waals surface area contributed by atoms with Crippen LogP contribution in [0.25, 0.3) is 0 Å². The lowest BCUT2D eigenvalue weighted by atomic mass is 10.1. The van der Waals surface area contributed by atoms with E-state index in [9.17, 15) is 10.1 Å². The Morgan fingerprint density at radius 1 is 1.04 bits per heavy atom. The summed E-state index contributed by atoms with van der Waals surface area (Å²) in [5, 5.41) is 14.0. The fourth-order valence-corrected chi connectivity index (χ4v) is 2.40. The summed E-state index contributed by atoms with van der Waals surface area (Å²) in [7, 11) is 2.13. The van der Waals surface area contributed by atoms with Gasteiger partial charge in [-0.3, -0.25) is 15.0 Å². The predicted octanol–water partition coefficient (Wildman–Crippen LogP) is 3.72. The van der Waals surface area contributed by atoms with Gasteiger partial charge in [0.2, 0.25) is 0 Å². The molecule has 0 saturated carbocycles. The highest BCUT2D eigenvalue weighted by Gasteiger charge is 2.05. The van der Waals surface area contributed by atoms with Crippen LogP contribution in [0.1, 0.15) is 30.5 Å². The largest absolute Gasteiger partial charge is 0.309 e. The van der Waals surface area contributed by atoms with E-state index in [1.165, 1.54) is 11.1 Å². The van der Waals surface area contributed by atoms with Crippen molar-refractivity contribution in [2.75, 3.05) is 7.05 Å². The highest BCUT2D eigenvalue weighted by atomic mass is 16.6. The first-order chi connectivity index (χ1) is 11.5. The molecule has 1 N–H and O–H groups in total. The first-order valence-electron chi connectivity index (χ1n) is 8.18. The first kappa shape index (κ1) is 18.1. The summed E-state index contributed by atoms with van der Waals surface area (Å²) in [6.45, 7) is 6.78. The molecule has 0 radical (unpaired) electrons. The number of nitrogens with zero attached hydrogens (tertiary/aromatic N) is 2. The third-order valence-corrected chi connectivity index (χ3v) is 4.11. The van der Waals surface area contributed by atoms with Gasteiger partial charge in [0.05, 0.1) is 4.92 Å². The van der Waals surface area contributed by atoms with Crippen molar-refractivity contribution in [2.45, 2.75) is 39.5 Å². The number of nitro benzene ring substituents is 1. The van der Waals surface area contributed by atoms with Crippen LogP contribution in [0.4, 0.5) is 5.69 Å². The minimum Gasteiger partial charge on any atom is -0.309 e. The van der Waals surface area contributed by atoms with Gasteiger partial charge in [-0.25, -0.2) is 0 Å². The number of hydrogen-bond donors (Lipinski definition) is 1. The second-order valence-corrected chi connectivity index (χ2v) is 6.36. The molecule has 0 spiro atoms. The maximum absolute atomic E-state index is 10.6. The van der Waals surface area contributed by atoms with Crippen LogP contribution in [0.2, 0.25) is 0 Å². The van der Waals surface area contributed by atoms with Gasteiger partial charge >= 0.3 is 0 Å². The Balaban J connectivity index is 1.87. The van der Waals surface area contributed by atoms with Crippen molar-refractivity contribution in [3.63, 3.8) is 0 Å². The van der Waals surface area contributed by atoms with E-state index in [0.717, 1.165) is 18.7 Å². The topological polar surface area (TPSA) is 58.4 Å². The zero-order valence-electron chi connectivity index (χ0n) is 14.5. The van der Waals surface area contributed by atoms with Crippen molar-refractivity contribution in [2.24, 2.45) is 0 Å². The summed E-state index contributed by atoms with van der Waals surface area (Å²) in [6.07, 6.45) is 0. The van der Waals surface area contributed by atoms with Crippen LogP contribution in [-0.4, -0.2) is 22.9 Å². The Kier molecular flexibility index (Phi) is 6.46. The second kappa shape index (κ2) is 8.57. The molecule has 0 heterocycles. The van der Waals surface area contributed by atoms with E-state index in [1.54, 1.807) is 24.3 Å². The molecular formula is C19H25N3O2. The fourth-order valence-electron chi connectivity index (χ4n) is 2.40. The third kappa shape index (κ3) is 5.44. The monoisotopic (exact) mass is 327 g/mol. The Morgan fingerprint density at radius 3 is 2.29 bits per heavy atom. The van der Waals surface area contributed by atoms with Gasteiger partial charge in [-0.15, -0.1) is 0 Å². The van der Waals surface area contributed by atoms with E-state index in [2.05, 4.69) is 55.4 Å². The SMILES string of the molecule is CC(C)N(C)Cc1cccc(CNCc2ccc([N+](=O)[O-])cc2)c1. The predicted molar refractivity (Wildman–Crippen MR) is 96.7 cm³/mol. The van der Waals surface area contributed by atoms with E-state index in [1.807, 2.05) is 0 Å². The molecule has 2 aromatic carbocycles. The standard InChI is InChI=1S/C19H25N3O2/c1-15(2)21(3)14-18-6-4-5-17(11-18)13-20-12-16-7-9-19(10-8-16)22(23)24/h4-11,15,20H,12-14H2,1-3H3. The minimum atomic E-state index is -0.378.